The van der Waals surface area contributed by atoms with Gasteiger partial charge in [-0.2, -0.15) is 0 Å². The zero-order valence-electron chi connectivity index (χ0n) is 11.1. The molecule has 0 amide bonds. The number of H-pyrrole nitrogens is 1. The number of fused-ring (bicyclic) bond motifs is 1. The maximum atomic E-state index is 4.71. The average Bonchev–Trinajstić information content (AvgIpc) is 2.76. The fourth-order valence-corrected chi connectivity index (χ4v) is 2.39. The Morgan fingerprint density at radius 1 is 1.53 bits per heavy atom. The molecule has 0 aromatic carbocycles. The van der Waals surface area contributed by atoms with Gasteiger partial charge in [0.1, 0.15) is 0 Å². The van der Waals surface area contributed by atoms with Crippen molar-refractivity contribution < 1.29 is 0 Å². The number of nitrogens with one attached hydrogen (secondary N) is 1. The summed E-state index contributed by atoms with van der Waals surface area (Å²) in [6.07, 6.45) is 6.34. The molecule has 1 atom stereocenters. The maximum absolute atomic E-state index is 4.71. The molecule has 17 heavy (non-hydrogen) atoms. The standard InChI is InChI=1S/C14H23N3/c1-4-13(11(2)3)16-10-17-8-6-12-5-7-15-14(12)9-17/h5,7,10-11,13,15H,4,6,8-9H2,1-3H3/t13-/m1/s1. The Labute approximate surface area is 104 Å². The molecule has 0 saturated heterocycles. The number of hydrogen-bond donors (Lipinski definition) is 1. The lowest BCUT2D eigenvalue weighted by molar-refractivity contribution is 0.392. The summed E-state index contributed by atoms with van der Waals surface area (Å²) in [6, 6.07) is 2.65. The van der Waals surface area contributed by atoms with E-state index in [0.717, 1.165) is 25.9 Å². The molecule has 0 saturated carbocycles. The summed E-state index contributed by atoms with van der Waals surface area (Å²) in [4.78, 5) is 10.3. The van der Waals surface area contributed by atoms with Gasteiger partial charge >= 0.3 is 0 Å². The molecule has 3 nitrogen and oxygen atoms in total. The van der Waals surface area contributed by atoms with Crippen molar-refractivity contribution in [1.29, 1.82) is 0 Å². The van der Waals surface area contributed by atoms with Crippen LogP contribution in [0.4, 0.5) is 0 Å². The van der Waals surface area contributed by atoms with E-state index < -0.39 is 0 Å². The zero-order chi connectivity index (χ0) is 12.3. The van der Waals surface area contributed by atoms with Gasteiger partial charge in [-0.25, -0.2) is 0 Å². The van der Waals surface area contributed by atoms with Crippen molar-refractivity contribution in [2.24, 2.45) is 10.9 Å². The van der Waals surface area contributed by atoms with Crippen molar-refractivity contribution in [3.05, 3.63) is 23.5 Å². The lowest BCUT2D eigenvalue weighted by Gasteiger charge is -2.25. The van der Waals surface area contributed by atoms with Gasteiger partial charge in [0.15, 0.2) is 0 Å². The van der Waals surface area contributed by atoms with Crippen LogP contribution in [-0.2, 0) is 13.0 Å². The lowest BCUT2D eigenvalue weighted by atomic mass is 10.0. The largest absolute Gasteiger partial charge is 0.363 e. The van der Waals surface area contributed by atoms with Gasteiger partial charge < -0.3 is 9.88 Å². The Bertz CT molecular complexity index is 379. The highest BCUT2D eigenvalue weighted by atomic mass is 15.2. The molecular formula is C14H23N3. The second-order valence-corrected chi connectivity index (χ2v) is 5.19. The van der Waals surface area contributed by atoms with Crippen molar-refractivity contribution in [2.75, 3.05) is 6.54 Å². The molecule has 0 aliphatic carbocycles. The van der Waals surface area contributed by atoms with E-state index in [-0.39, 0.29) is 0 Å². The molecule has 0 unspecified atom stereocenters. The van der Waals surface area contributed by atoms with Gasteiger partial charge in [-0.3, -0.25) is 4.99 Å². The van der Waals surface area contributed by atoms with Crippen LogP contribution < -0.4 is 0 Å². The van der Waals surface area contributed by atoms with Crippen LogP contribution in [-0.4, -0.2) is 28.8 Å². The van der Waals surface area contributed by atoms with E-state index in [1.807, 2.05) is 6.20 Å². The highest BCUT2D eigenvalue weighted by Crippen LogP contribution is 2.16. The predicted octanol–water partition coefficient (Wildman–Crippen LogP) is 2.84. The normalized spacial score (nSPS) is 17.8. The SMILES string of the molecule is CC[C@@H](N=CN1CCc2cc[nH]c2C1)C(C)C. The Kier molecular flexibility index (Phi) is 3.87. The van der Waals surface area contributed by atoms with Gasteiger partial charge in [-0.1, -0.05) is 20.8 Å². The third kappa shape index (κ3) is 2.90. The van der Waals surface area contributed by atoms with E-state index in [0.29, 0.717) is 12.0 Å². The first kappa shape index (κ1) is 12.2. The number of nitrogens with zero attached hydrogens (tertiary/aromatic N) is 2. The van der Waals surface area contributed by atoms with Crippen molar-refractivity contribution >= 4 is 6.34 Å². The molecule has 2 rings (SSSR count). The van der Waals surface area contributed by atoms with E-state index in [4.69, 9.17) is 4.99 Å². The molecule has 1 aliphatic heterocycles. The lowest BCUT2D eigenvalue weighted by Crippen LogP contribution is -2.30. The fourth-order valence-electron chi connectivity index (χ4n) is 2.39. The highest BCUT2D eigenvalue weighted by molar-refractivity contribution is 5.56. The van der Waals surface area contributed by atoms with Crippen LogP contribution in [0.2, 0.25) is 0 Å². The van der Waals surface area contributed by atoms with Gasteiger partial charge in [-0.15, -0.1) is 0 Å². The van der Waals surface area contributed by atoms with Crippen LogP contribution in [0.1, 0.15) is 38.4 Å². The molecule has 0 radical (unpaired) electrons. The maximum Gasteiger partial charge on any atom is 0.0857 e. The summed E-state index contributed by atoms with van der Waals surface area (Å²) in [5.41, 5.74) is 2.81. The molecule has 1 aromatic rings. The Morgan fingerprint density at radius 2 is 2.35 bits per heavy atom. The van der Waals surface area contributed by atoms with E-state index in [9.17, 15) is 0 Å². The highest BCUT2D eigenvalue weighted by Gasteiger charge is 2.15. The summed E-state index contributed by atoms with van der Waals surface area (Å²) in [5, 5.41) is 0. The Hall–Kier alpha value is -1.25. The molecular weight excluding hydrogens is 210 g/mol. The third-order valence-electron chi connectivity index (χ3n) is 3.57. The average molecular weight is 233 g/mol. The number of rotatable bonds is 4. The molecule has 1 N–H and O–H groups in total. The topological polar surface area (TPSA) is 31.4 Å². The van der Waals surface area contributed by atoms with Gasteiger partial charge in [0.05, 0.1) is 18.9 Å². The first-order valence-corrected chi connectivity index (χ1v) is 6.63. The van der Waals surface area contributed by atoms with E-state index in [1.165, 1.54) is 11.3 Å². The molecule has 2 heterocycles. The van der Waals surface area contributed by atoms with E-state index >= 15 is 0 Å². The number of aromatic nitrogens is 1. The van der Waals surface area contributed by atoms with Crippen LogP contribution in [0.25, 0.3) is 0 Å². The Morgan fingerprint density at radius 3 is 3.06 bits per heavy atom. The van der Waals surface area contributed by atoms with Crippen molar-refractivity contribution in [2.45, 2.75) is 46.2 Å². The van der Waals surface area contributed by atoms with Crippen LogP contribution in [0.15, 0.2) is 17.3 Å². The van der Waals surface area contributed by atoms with Crippen molar-refractivity contribution in [3.8, 4) is 0 Å². The van der Waals surface area contributed by atoms with Crippen LogP contribution in [0, 0.1) is 5.92 Å². The van der Waals surface area contributed by atoms with E-state index in [2.05, 4.69) is 43.1 Å². The monoisotopic (exact) mass is 233 g/mol. The smallest absolute Gasteiger partial charge is 0.0857 e. The first-order valence-electron chi connectivity index (χ1n) is 6.63. The molecule has 1 aliphatic rings. The summed E-state index contributed by atoms with van der Waals surface area (Å²) in [6.45, 7) is 8.75. The summed E-state index contributed by atoms with van der Waals surface area (Å²) < 4.78 is 0. The Balaban J connectivity index is 1.95. The molecule has 94 valence electrons. The minimum absolute atomic E-state index is 0.458. The van der Waals surface area contributed by atoms with Gasteiger partial charge in [-0.05, 0) is 30.4 Å². The zero-order valence-corrected chi connectivity index (χ0v) is 11.1. The summed E-state index contributed by atoms with van der Waals surface area (Å²) in [7, 11) is 0. The van der Waals surface area contributed by atoms with Crippen LogP contribution in [0.3, 0.4) is 0 Å². The number of hydrogen-bond acceptors (Lipinski definition) is 1. The van der Waals surface area contributed by atoms with Crippen LogP contribution >= 0.6 is 0 Å². The fraction of sp³-hybridized carbons (Fsp3) is 0.643. The van der Waals surface area contributed by atoms with Crippen molar-refractivity contribution in [1.82, 2.24) is 9.88 Å². The molecule has 3 heteroatoms. The summed E-state index contributed by atoms with van der Waals surface area (Å²) >= 11 is 0. The quantitative estimate of drug-likeness (QED) is 0.629. The number of aliphatic imine (C=N–C) groups is 1. The third-order valence-corrected chi connectivity index (χ3v) is 3.57. The molecule has 0 bridgehead atoms. The second kappa shape index (κ2) is 5.39. The second-order valence-electron chi connectivity index (χ2n) is 5.19. The van der Waals surface area contributed by atoms with E-state index in [1.54, 1.807) is 0 Å². The van der Waals surface area contributed by atoms with Crippen LogP contribution in [0.5, 0.6) is 0 Å². The molecule has 0 fully saturated rings. The van der Waals surface area contributed by atoms with Crippen molar-refractivity contribution in [3.63, 3.8) is 0 Å². The van der Waals surface area contributed by atoms with Gasteiger partial charge in [0.25, 0.3) is 0 Å². The predicted molar refractivity (Wildman–Crippen MR) is 72.3 cm³/mol. The number of aromatic amines is 1. The minimum atomic E-state index is 0.458. The summed E-state index contributed by atoms with van der Waals surface area (Å²) in [5.74, 6) is 0.627. The minimum Gasteiger partial charge on any atom is -0.363 e. The molecule has 0 spiro atoms. The van der Waals surface area contributed by atoms with Gasteiger partial charge in [0, 0.05) is 18.4 Å². The first-order chi connectivity index (χ1) is 8.20. The molecule has 1 aromatic heterocycles. The van der Waals surface area contributed by atoms with Gasteiger partial charge in [0.2, 0.25) is 0 Å².